The van der Waals surface area contributed by atoms with E-state index in [9.17, 15) is 12.8 Å². The summed E-state index contributed by atoms with van der Waals surface area (Å²) in [6, 6.07) is 10.5. The van der Waals surface area contributed by atoms with Crippen molar-refractivity contribution in [3.05, 3.63) is 53.8 Å². The molecule has 0 atom stereocenters. The van der Waals surface area contributed by atoms with Crippen LogP contribution in [-0.4, -0.2) is 21.6 Å². The maximum Gasteiger partial charge on any atom is 0.241 e. The molecule has 0 spiro atoms. The molecule has 5 nitrogen and oxygen atoms in total. The van der Waals surface area contributed by atoms with Crippen LogP contribution in [0, 0.1) is 5.82 Å². The van der Waals surface area contributed by atoms with E-state index < -0.39 is 15.8 Å². The first-order valence-corrected chi connectivity index (χ1v) is 8.67. The Balaban J connectivity index is 1.80. The van der Waals surface area contributed by atoms with E-state index in [-0.39, 0.29) is 17.0 Å². The number of benzene rings is 2. The highest BCUT2D eigenvalue weighted by Gasteiger charge is 2.19. The van der Waals surface area contributed by atoms with Gasteiger partial charge in [-0.2, -0.15) is 0 Å². The van der Waals surface area contributed by atoms with Gasteiger partial charge in [-0.15, -0.1) is 0 Å². The summed E-state index contributed by atoms with van der Waals surface area (Å²) < 4.78 is 51.6. The Morgan fingerprint density at radius 3 is 2.57 bits per heavy atom. The van der Waals surface area contributed by atoms with E-state index in [0.29, 0.717) is 24.7 Å². The summed E-state index contributed by atoms with van der Waals surface area (Å²) >= 11 is 0. The fourth-order valence-electron chi connectivity index (χ4n) is 2.21. The van der Waals surface area contributed by atoms with Gasteiger partial charge < -0.3 is 9.47 Å². The molecular weight excluding hydrogens is 321 g/mol. The molecular formula is C16H16FNO4S. The molecule has 122 valence electrons. The van der Waals surface area contributed by atoms with Gasteiger partial charge in [0.25, 0.3) is 0 Å². The van der Waals surface area contributed by atoms with Crippen molar-refractivity contribution in [3.63, 3.8) is 0 Å². The van der Waals surface area contributed by atoms with Gasteiger partial charge >= 0.3 is 0 Å². The van der Waals surface area contributed by atoms with Crippen molar-refractivity contribution in [3.8, 4) is 11.5 Å². The lowest BCUT2D eigenvalue weighted by molar-refractivity contribution is 0.297. The molecule has 23 heavy (non-hydrogen) atoms. The first-order chi connectivity index (χ1) is 11.1. The Morgan fingerprint density at radius 1 is 1.04 bits per heavy atom. The van der Waals surface area contributed by atoms with Crippen LogP contribution in [0.2, 0.25) is 0 Å². The zero-order chi connectivity index (χ0) is 16.3. The Hall–Kier alpha value is -2.12. The van der Waals surface area contributed by atoms with Crippen molar-refractivity contribution >= 4 is 10.0 Å². The summed E-state index contributed by atoms with van der Waals surface area (Å²) in [5, 5.41) is 0. The van der Waals surface area contributed by atoms with Crippen LogP contribution in [0.25, 0.3) is 0 Å². The zero-order valence-electron chi connectivity index (χ0n) is 12.3. The minimum Gasteiger partial charge on any atom is -0.490 e. The molecule has 0 fully saturated rings. The van der Waals surface area contributed by atoms with Gasteiger partial charge in [-0.1, -0.05) is 18.2 Å². The summed E-state index contributed by atoms with van der Waals surface area (Å²) in [6.45, 7) is 0.882. The maximum atomic E-state index is 13.6. The first-order valence-electron chi connectivity index (χ1n) is 7.19. The molecule has 1 N–H and O–H groups in total. The number of rotatable bonds is 4. The van der Waals surface area contributed by atoms with Gasteiger partial charge in [-0.3, -0.25) is 0 Å². The lowest BCUT2D eigenvalue weighted by Crippen LogP contribution is -2.23. The predicted molar refractivity (Wildman–Crippen MR) is 82.5 cm³/mol. The van der Waals surface area contributed by atoms with E-state index in [1.807, 2.05) is 0 Å². The summed E-state index contributed by atoms with van der Waals surface area (Å²) in [5.41, 5.74) is 0.283. The molecule has 0 aromatic heterocycles. The highest BCUT2D eigenvalue weighted by molar-refractivity contribution is 7.89. The van der Waals surface area contributed by atoms with Gasteiger partial charge in [0.15, 0.2) is 11.5 Å². The van der Waals surface area contributed by atoms with E-state index in [4.69, 9.17) is 9.47 Å². The maximum absolute atomic E-state index is 13.6. The van der Waals surface area contributed by atoms with Crippen molar-refractivity contribution in [2.75, 3.05) is 13.2 Å². The van der Waals surface area contributed by atoms with Crippen molar-refractivity contribution in [1.82, 2.24) is 4.72 Å². The topological polar surface area (TPSA) is 64.6 Å². The number of hydrogen-bond acceptors (Lipinski definition) is 4. The molecule has 0 amide bonds. The minimum absolute atomic E-state index is 0.0538. The van der Waals surface area contributed by atoms with Crippen LogP contribution in [-0.2, 0) is 16.6 Å². The lowest BCUT2D eigenvalue weighted by Gasteiger charge is -2.11. The van der Waals surface area contributed by atoms with Crippen LogP contribution in [0.1, 0.15) is 12.0 Å². The van der Waals surface area contributed by atoms with Crippen LogP contribution in [0.3, 0.4) is 0 Å². The monoisotopic (exact) mass is 337 g/mol. The van der Waals surface area contributed by atoms with E-state index in [2.05, 4.69) is 4.72 Å². The van der Waals surface area contributed by atoms with Gasteiger partial charge in [-0.05, 0) is 18.2 Å². The third-order valence-electron chi connectivity index (χ3n) is 3.44. The average Bonchev–Trinajstić information content (AvgIpc) is 2.78. The Morgan fingerprint density at radius 2 is 1.78 bits per heavy atom. The standard InChI is InChI=1S/C16H16FNO4S/c17-14-5-2-1-4-12(14)11-18-23(19,20)13-6-7-15-16(10-13)22-9-3-8-21-15/h1-2,4-7,10,18H,3,8-9,11H2. The van der Waals surface area contributed by atoms with Crippen LogP contribution in [0.5, 0.6) is 11.5 Å². The molecule has 2 aromatic carbocycles. The molecule has 0 radical (unpaired) electrons. The molecule has 1 aliphatic heterocycles. The Bertz CT molecular complexity index is 807. The first kappa shape index (κ1) is 15.8. The molecule has 1 heterocycles. The largest absolute Gasteiger partial charge is 0.490 e. The smallest absolute Gasteiger partial charge is 0.241 e. The fourth-order valence-corrected chi connectivity index (χ4v) is 3.23. The number of sulfonamides is 1. The number of ether oxygens (including phenoxy) is 2. The second-order valence-corrected chi connectivity index (χ2v) is 6.84. The second-order valence-electron chi connectivity index (χ2n) is 5.07. The highest BCUT2D eigenvalue weighted by atomic mass is 32.2. The van der Waals surface area contributed by atoms with Crippen molar-refractivity contribution in [1.29, 1.82) is 0 Å². The molecule has 0 saturated carbocycles. The summed E-state index contributed by atoms with van der Waals surface area (Å²) in [7, 11) is -3.77. The van der Waals surface area contributed by atoms with E-state index >= 15 is 0 Å². The molecule has 0 unspecified atom stereocenters. The molecule has 0 bridgehead atoms. The molecule has 0 saturated heterocycles. The van der Waals surface area contributed by atoms with Crippen LogP contribution >= 0.6 is 0 Å². The van der Waals surface area contributed by atoms with Crippen LogP contribution in [0.15, 0.2) is 47.4 Å². The number of halogens is 1. The molecule has 0 aliphatic carbocycles. The zero-order valence-corrected chi connectivity index (χ0v) is 13.1. The Kier molecular flexibility index (Phi) is 4.49. The fraction of sp³-hybridized carbons (Fsp3) is 0.250. The normalized spacial score (nSPS) is 14.3. The summed E-state index contributed by atoms with van der Waals surface area (Å²) in [6.07, 6.45) is 0.738. The summed E-state index contributed by atoms with van der Waals surface area (Å²) in [5.74, 6) is 0.473. The third kappa shape index (κ3) is 3.62. The minimum atomic E-state index is -3.77. The number of fused-ring (bicyclic) bond motifs is 1. The van der Waals surface area contributed by atoms with Crippen molar-refractivity contribution < 1.29 is 22.3 Å². The third-order valence-corrected chi connectivity index (χ3v) is 4.84. The predicted octanol–water partition coefficient (Wildman–Crippen LogP) is 2.47. The van der Waals surface area contributed by atoms with Crippen LogP contribution < -0.4 is 14.2 Å². The van der Waals surface area contributed by atoms with E-state index in [1.165, 1.54) is 24.3 Å². The number of nitrogens with one attached hydrogen (secondary N) is 1. The molecule has 1 aliphatic rings. The lowest BCUT2D eigenvalue weighted by atomic mass is 10.2. The van der Waals surface area contributed by atoms with Gasteiger partial charge in [0.1, 0.15) is 5.82 Å². The van der Waals surface area contributed by atoms with Gasteiger partial charge in [0.05, 0.1) is 18.1 Å². The van der Waals surface area contributed by atoms with Gasteiger partial charge in [0, 0.05) is 24.6 Å². The quantitative estimate of drug-likeness (QED) is 0.931. The molecule has 7 heteroatoms. The second kappa shape index (κ2) is 6.55. The van der Waals surface area contributed by atoms with E-state index in [1.54, 1.807) is 18.2 Å². The van der Waals surface area contributed by atoms with Gasteiger partial charge in [-0.25, -0.2) is 17.5 Å². The molecule has 2 aromatic rings. The van der Waals surface area contributed by atoms with Crippen LogP contribution in [0.4, 0.5) is 4.39 Å². The Labute approximate surface area is 134 Å². The SMILES string of the molecule is O=S(=O)(NCc1ccccc1F)c1ccc2c(c1)OCCCO2. The highest BCUT2D eigenvalue weighted by Crippen LogP contribution is 2.31. The van der Waals surface area contributed by atoms with Crippen molar-refractivity contribution in [2.45, 2.75) is 17.9 Å². The van der Waals surface area contributed by atoms with Crippen molar-refractivity contribution in [2.24, 2.45) is 0 Å². The van der Waals surface area contributed by atoms with E-state index in [0.717, 1.165) is 6.42 Å². The average molecular weight is 337 g/mol. The molecule has 3 rings (SSSR count). The number of hydrogen-bond donors (Lipinski definition) is 1. The summed E-state index contributed by atoms with van der Waals surface area (Å²) in [4.78, 5) is 0.0538. The van der Waals surface area contributed by atoms with Gasteiger partial charge in [0.2, 0.25) is 10.0 Å².